The predicted octanol–water partition coefficient (Wildman–Crippen LogP) is 13.3. The SMILES string of the molecule is CC1C=CC(C2=NC(c3ccccc3)[NH2+]C(c3cccc4sc5c(C6(C)CC(C)Cc7c6sc6c7C=CCC6(C)C6(C)C=Cc7sc8c(c7C6)C=CCC8C)cccc5c34)[NH2+]2)=CC1. The summed E-state index contributed by atoms with van der Waals surface area (Å²) in [5.74, 6) is 2.89. The molecule has 8 unspecified atom stereocenters. The van der Waals surface area contributed by atoms with Crippen LogP contribution in [0.4, 0.5) is 0 Å². The zero-order valence-corrected chi connectivity index (χ0v) is 40.0. The van der Waals surface area contributed by atoms with Crippen molar-refractivity contribution in [2.45, 2.75) is 109 Å². The Hall–Kier alpha value is -4.43. The van der Waals surface area contributed by atoms with E-state index in [1.54, 1.807) is 31.3 Å². The monoisotopic (exact) mass is 881 g/mol. The molecule has 3 nitrogen and oxygen atoms in total. The molecule has 6 aromatic rings. The smallest absolute Gasteiger partial charge is 0.245 e. The van der Waals surface area contributed by atoms with Gasteiger partial charge in [0.2, 0.25) is 18.2 Å². The van der Waals surface area contributed by atoms with Gasteiger partial charge < -0.3 is 0 Å². The van der Waals surface area contributed by atoms with Gasteiger partial charge in [-0.1, -0.05) is 145 Å². The zero-order chi connectivity index (χ0) is 42.8. The molecule has 1 aliphatic heterocycles. The summed E-state index contributed by atoms with van der Waals surface area (Å²) in [4.78, 5) is 11.7. The quantitative estimate of drug-likeness (QED) is 0.173. The number of nitrogens with zero attached hydrogens (tertiary/aromatic N) is 1. The highest BCUT2D eigenvalue weighted by Crippen LogP contribution is 2.61. The van der Waals surface area contributed by atoms with Crippen LogP contribution in [0, 0.1) is 17.3 Å². The molecule has 6 aliphatic rings. The van der Waals surface area contributed by atoms with E-state index in [-0.39, 0.29) is 28.6 Å². The normalized spacial score (nSPS) is 30.8. The van der Waals surface area contributed by atoms with Crippen molar-refractivity contribution in [2.75, 3.05) is 0 Å². The molecule has 0 spiro atoms. The van der Waals surface area contributed by atoms with E-state index in [1.165, 1.54) is 52.9 Å². The summed E-state index contributed by atoms with van der Waals surface area (Å²) in [6.07, 6.45) is 28.9. The fraction of sp³-hybridized carbons (Fsp3) is 0.351. The minimum absolute atomic E-state index is 0.00321. The minimum atomic E-state index is -0.0909. The van der Waals surface area contributed by atoms with Gasteiger partial charge in [0, 0.05) is 61.5 Å². The van der Waals surface area contributed by atoms with E-state index in [2.05, 4.69) is 196 Å². The van der Waals surface area contributed by atoms with Crippen molar-refractivity contribution in [1.82, 2.24) is 0 Å². The van der Waals surface area contributed by atoms with Gasteiger partial charge in [-0.05, 0) is 102 Å². The number of fused-ring (bicyclic) bond motifs is 9. The molecule has 4 heterocycles. The molecule has 3 aromatic carbocycles. The Bertz CT molecular complexity index is 3040. The van der Waals surface area contributed by atoms with Crippen molar-refractivity contribution in [3.63, 3.8) is 0 Å². The lowest BCUT2D eigenvalue weighted by atomic mass is 9.57. The maximum Gasteiger partial charge on any atom is 0.245 e. The third-order valence-electron chi connectivity index (χ3n) is 16.2. The summed E-state index contributed by atoms with van der Waals surface area (Å²) >= 11 is 6.25. The van der Waals surface area contributed by atoms with Crippen LogP contribution in [0.25, 0.3) is 38.4 Å². The van der Waals surface area contributed by atoms with Gasteiger partial charge in [-0.25, -0.2) is 5.32 Å². The Balaban J connectivity index is 0.956. The summed E-state index contributed by atoms with van der Waals surface area (Å²) in [7, 11) is 0. The maximum atomic E-state index is 5.40. The number of quaternary nitrogens is 2. The van der Waals surface area contributed by atoms with Crippen LogP contribution in [0.2, 0.25) is 0 Å². The van der Waals surface area contributed by atoms with E-state index in [0.29, 0.717) is 17.8 Å². The number of benzene rings is 3. The van der Waals surface area contributed by atoms with Crippen molar-refractivity contribution in [3.05, 3.63) is 167 Å². The second-order valence-corrected chi connectivity index (χ2v) is 23.8. The number of rotatable bonds is 5. The molecule has 0 radical (unpaired) electrons. The third-order valence-corrected chi connectivity index (χ3v) is 20.6. The van der Waals surface area contributed by atoms with Crippen molar-refractivity contribution in [3.8, 4) is 0 Å². The second-order valence-electron chi connectivity index (χ2n) is 20.6. The van der Waals surface area contributed by atoms with Crippen molar-refractivity contribution in [2.24, 2.45) is 22.2 Å². The Morgan fingerprint density at radius 1 is 0.778 bits per heavy atom. The molecule has 4 N–H and O–H groups in total. The van der Waals surface area contributed by atoms with E-state index >= 15 is 0 Å². The lowest BCUT2D eigenvalue weighted by molar-refractivity contribution is -0.901. The van der Waals surface area contributed by atoms with Crippen molar-refractivity contribution < 1.29 is 10.6 Å². The molecular formula is C57H59N3S3+2. The molecule has 0 bridgehead atoms. The van der Waals surface area contributed by atoms with E-state index in [9.17, 15) is 0 Å². The number of nitrogens with two attached hydrogens (primary N) is 2. The van der Waals surface area contributed by atoms with Gasteiger partial charge in [0.15, 0.2) is 0 Å². The summed E-state index contributed by atoms with van der Waals surface area (Å²) < 4.78 is 2.84. The van der Waals surface area contributed by atoms with E-state index in [4.69, 9.17) is 4.99 Å². The van der Waals surface area contributed by atoms with Gasteiger partial charge in [0.25, 0.3) is 0 Å². The van der Waals surface area contributed by atoms with E-state index in [1.807, 2.05) is 11.3 Å². The minimum Gasteiger partial charge on any atom is -0.268 e. The summed E-state index contributed by atoms with van der Waals surface area (Å²) in [5, 5.41) is 7.75. The molecule has 63 heavy (non-hydrogen) atoms. The van der Waals surface area contributed by atoms with Gasteiger partial charge >= 0.3 is 0 Å². The number of thiophene rings is 3. The molecule has 0 saturated heterocycles. The van der Waals surface area contributed by atoms with Crippen LogP contribution in [0.5, 0.6) is 0 Å². The molecule has 0 amide bonds. The Kier molecular flexibility index (Phi) is 9.42. The molecule has 0 saturated carbocycles. The summed E-state index contributed by atoms with van der Waals surface area (Å²) in [6.45, 7) is 15.0. The standard InChI is InChI=1S/C57H57N3S3/c1-33-23-25-37(26-24-33)53-58-52(36-15-8-7-9-16-36)59-54(60-53)41-19-12-22-46-47(41)40-18-11-21-44(49(40)62-46)56(5)31-34(2)30-42-39-20-13-28-57(6,51(39)63-50(42)56)55(4)29-27-45-43(32-55)38-17-10-14-35(3)48(38)61-45/h7-13,15-23,25-27,29,33-35,52,54,59H,14,24,28,30-32H2,1-6H3,(H,58,60)/p+2. The van der Waals surface area contributed by atoms with Crippen molar-refractivity contribution >= 4 is 78.2 Å². The first-order chi connectivity index (χ1) is 30.5. The molecule has 8 atom stereocenters. The number of hydrogen-bond acceptors (Lipinski definition) is 4. The highest BCUT2D eigenvalue weighted by molar-refractivity contribution is 7.26. The molecule has 6 heteroatoms. The molecular weight excluding hydrogens is 823 g/mol. The molecule has 12 rings (SSSR count). The van der Waals surface area contributed by atoms with Crippen LogP contribution in [-0.2, 0) is 23.7 Å². The molecule has 5 aliphatic carbocycles. The van der Waals surface area contributed by atoms with E-state index in [0.717, 1.165) is 44.4 Å². The molecule has 3 aromatic heterocycles. The first kappa shape index (κ1) is 40.1. The Labute approximate surface area is 385 Å². The number of allylic oxidation sites excluding steroid dienone is 5. The first-order valence-electron chi connectivity index (χ1n) is 23.5. The first-order valence-corrected chi connectivity index (χ1v) is 26.0. The van der Waals surface area contributed by atoms with E-state index < -0.39 is 0 Å². The third kappa shape index (κ3) is 6.18. The Morgan fingerprint density at radius 2 is 1.62 bits per heavy atom. The van der Waals surface area contributed by atoms with Gasteiger partial charge in [0.05, 0.1) is 11.1 Å². The highest BCUT2D eigenvalue weighted by Gasteiger charge is 2.51. The average molecular weight is 882 g/mol. The van der Waals surface area contributed by atoms with Gasteiger partial charge in [0.1, 0.15) is 0 Å². The highest BCUT2D eigenvalue weighted by atomic mass is 32.1. The van der Waals surface area contributed by atoms with Gasteiger partial charge in [-0.3, -0.25) is 5.32 Å². The Morgan fingerprint density at radius 3 is 2.46 bits per heavy atom. The van der Waals surface area contributed by atoms with Crippen LogP contribution in [0.1, 0.15) is 144 Å². The molecule has 0 fully saturated rings. The van der Waals surface area contributed by atoms with Crippen LogP contribution in [-0.4, -0.2) is 5.84 Å². The number of aliphatic imine (C=N–C) groups is 1. The lowest BCUT2D eigenvalue weighted by Gasteiger charge is -2.47. The van der Waals surface area contributed by atoms with Crippen LogP contribution in [0.15, 0.2) is 114 Å². The fourth-order valence-corrected chi connectivity index (χ4v) is 16.9. The topological polar surface area (TPSA) is 45.6 Å². The second kappa shape index (κ2) is 14.8. The van der Waals surface area contributed by atoms with Crippen LogP contribution in [0.3, 0.4) is 0 Å². The maximum absolute atomic E-state index is 5.40. The number of hydrogen-bond donors (Lipinski definition) is 2. The molecule has 318 valence electrons. The van der Waals surface area contributed by atoms with Crippen LogP contribution < -0.4 is 10.6 Å². The average Bonchev–Trinajstić information content (AvgIpc) is 4.00. The lowest BCUT2D eigenvalue weighted by Crippen LogP contribution is -3.10. The van der Waals surface area contributed by atoms with Gasteiger partial charge in [-0.2, -0.15) is 4.99 Å². The summed E-state index contributed by atoms with van der Waals surface area (Å²) in [6, 6.07) is 25.2. The zero-order valence-electron chi connectivity index (χ0n) is 37.5. The van der Waals surface area contributed by atoms with Gasteiger partial charge in [-0.15, -0.1) is 34.0 Å². The summed E-state index contributed by atoms with van der Waals surface area (Å²) in [5.41, 5.74) is 11.6. The van der Waals surface area contributed by atoms with Crippen LogP contribution >= 0.6 is 34.0 Å². The fourth-order valence-electron chi connectivity index (χ4n) is 12.5. The van der Waals surface area contributed by atoms with Crippen molar-refractivity contribution in [1.29, 1.82) is 0 Å². The largest absolute Gasteiger partial charge is 0.268 e. The number of amidine groups is 1. The predicted molar refractivity (Wildman–Crippen MR) is 270 cm³/mol.